The third-order valence-electron chi connectivity index (χ3n) is 6.92. The van der Waals surface area contributed by atoms with E-state index >= 15 is 0 Å². The van der Waals surface area contributed by atoms with Crippen LogP contribution in [0.5, 0.6) is 5.75 Å². The Bertz CT molecular complexity index is 1040. The summed E-state index contributed by atoms with van der Waals surface area (Å²) in [6.45, 7) is 10.7. The van der Waals surface area contributed by atoms with Gasteiger partial charge >= 0.3 is 0 Å². The monoisotopic (exact) mass is 556 g/mol. The van der Waals surface area contributed by atoms with E-state index in [1.807, 2.05) is 50.2 Å². The van der Waals surface area contributed by atoms with Crippen molar-refractivity contribution in [2.24, 2.45) is 0 Å². The van der Waals surface area contributed by atoms with E-state index in [4.69, 9.17) is 4.74 Å². The number of amides is 2. The van der Waals surface area contributed by atoms with E-state index in [0.29, 0.717) is 18.7 Å². The lowest BCUT2D eigenvalue weighted by Crippen LogP contribution is -2.52. The van der Waals surface area contributed by atoms with Crippen LogP contribution in [0.3, 0.4) is 0 Å². The lowest BCUT2D eigenvalue weighted by Gasteiger charge is -2.32. The zero-order valence-corrected chi connectivity index (χ0v) is 24.0. The van der Waals surface area contributed by atoms with Crippen LogP contribution in [0.25, 0.3) is 0 Å². The molecule has 1 saturated carbocycles. The van der Waals surface area contributed by atoms with Gasteiger partial charge in [-0.15, -0.1) is 0 Å². The number of carbonyl (C=O) groups is 2. The number of ether oxygens (including phenoxy) is 1. The fourth-order valence-corrected chi connectivity index (χ4v) is 5.27. The molecule has 1 fully saturated rings. The summed E-state index contributed by atoms with van der Waals surface area (Å²) < 4.78 is 6.78. The molecular weight excluding hydrogens is 516 g/mol. The maximum Gasteiger partial charge on any atom is 0.261 e. The van der Waals surface area contributed by atoms with E-state index in [-0.39, 0.29) is 29.9 Å². The molecule has 1 atom stereocenters. The van der Waals surface area contributed by atoms with Gasteiger partial charge in [-0.25, -0.2) is 0 Å². The van der Waals surface area contributed by atoms with Gasteiger partial charge in [0.1, 0.15) is 11.8 Å². The second-order valence-corrected chi connectivity index (χ2v) is 11.8. The van der Waals surface area contributed by atoms with E-state index in [2.05, 4.69) is 48.1 Å². The number of halogens is 1. The van der Waals surface area contributed by atoms with Crippen molar-refractivity contribution in [2.45, 2.75) is 97.2 Å². The molecule has 3 rings (SSSR count). The van der Waals surface area contributed by atoms with Crippen LogP contribution < -0.4 is 10.1 Å². The van der Waals surface area contributed by atoms with E-state index in [0.717, 1.165) is 41.3 Å². The summed E-state index contributed by atoms with van der Waals surface area (Å²) in [5.41, 5.74) is 3.32. The van der Waals surface area contributed by atoms with Gasteiger partial charge in [0.15, 0.2) is 6.61 Å². The molecule has 0 heterocycles. The van der Waals surface area contributed by atoms with Gasteiger partial charge in [0.05, 0.1) is 4.47 Å². The molecule has 2 aromatic carbocycles. The molecular formula is C30H41BrN2O3. The predicted octanol–water partition coefficient (Wildman–Crippen LogP) is 6.69. The van der Waals surface area contributed by atoms with E-state index < -0.39 is 6.04 Å². The average molecular weight is 558 g/mol. The highest BCUT2D eigenvalue weighted by Gasteiger charge is 2.30. The van der Waals surface area contributed by atoms with E-state index in [9.17, 15) is 9.59 Å². The van der Waals surface area contributed by atoms with Crippen molar-refractivity contribution in [3.05, 3.63) is 63.6 Å². The van der Waals surface area contributed by atoms with Crippen molar-refractivity contribution >= 4 is 27.7 Å². The van der Waals surface area contributed by atoms with Gasteiger partial charge in [-0.3, -0.25) is 9.59 Å². The molecule has 2 amide bonds. The first-order valence-electron chi connectivity index (χ1n) is 13.2. The number of hydrogen-bond acceptors (Lipinski definition) is 3. The Kier molecular flexibility index (Phi) is 10.0. The fourth-order valence-electron chi connectivity index (χ4n) is 4.78. The van der Waals surface area contributed by atoms with Gasteiger partial charge in [-0.05, 0) is 70.8 Å². The summed E-state index contributed by atoms with van der Waals surface area (Å²) in [6, 6.07) is 13.7. The van der Waals surface area contributed by atoms with Crippen LogP contribution in [-0.4, -0.2) is 35.4 Å². The molecule has 2 aromatic rings. The first-order chi connectivity index (χ1) is 17.1. The van der Waals surface area contributed by atoms with Gasteiger partial charge < -0.3 is 15.0 Å². The zero-order valence-electron chi connectivity index (χ0n) is 22.4. The molecule has 196 valence electrons. The Morgan fingerprint density at radius 1 is 1.11 bits per heavy atom. The van der Waals surface area contributed by atoms with Gasteiger partial charge in [0.25, 0.3) is 5.91 Å². The number of rotatable bonds is 9. The molecule has 0 bridgehead atoms. The third kappa shape index (κ3) is 7.83. The lowest BCUT2D eigenvalue weighted by atomic mass is 9.87. The number of carbonyl (C=O) groups excluding carboxylic acids is 2. The molecule has 0 saturated heterocycles. The molecule has 0 aliphatic heterocycles. The van der Waals surface area contributed by atoms with Gasteiger partial charge in [-0.1, -0.05) is 82.9 Å². The number of aryl methyl sites for hydroxylation is 1. The highest BCUT2D eigenvalue weighted by atomic mass is 79.9. The topological polar surface area (TPSA) is 58.6 Å². The standard InChI is InChI=1S/C30H41BrN2O3/c1-6-26(29(35)32-24-13-8-7-9-14-24)33(19-22-12-10-11-21(2)17-22)28(34)20-36-27-16-15-23(18-25(27)31)30(3,4)5/h10-12,15-18,24,26H,6-9,13-14,19-20H2,1-5H3,(H,32,35)/t26-/m1/s1. The van der Waals surface area contributed by atoms with Gasteiger partial charge in [-0.2, -0.15) is 0 Å². The summed E-state index contributed by atoms with van der Waals surface area (Å²) in [5.74, 6) is 0.349. The van der Waals surface area contributed by atoms with Crippen LogP contribution in [0.1, 0.15) is 82.9 Å². The second-order valence-electron chi connectivity index (χ2n) is 11.0. The number of hydrogen-bond donors (Lipinski definition) is 1. The van der Waals surface area contributed by atoms with Crippen molar-refractivity contribution < 1.29 is 14.3 Å². The van der Waals surface area contributed by atoms with Crippen molar-refractivity contribution in [3.63, 3.8) is 0 Å². The van der Waals surface area contributed by atoms with Crippen LogP contribution >= 0.6 is 15.9 Å². The lowest BCUT2D eigenvalue weighted by molar-refractivity contribution is -0.143. The highest BCUT2D eigenvalue weighted by molar-refractivity contribution is 9.10. The molecule has 1 aliphatic carbocycles. The fraction of sp³-hybridized carbons (Fsp3) is 0.533. The molecule has 36 heavy (non-hydrogen) atoms. The van der Waals surface area contributed by atoms with Gasteiger partial charge in [0.2, 0.25) is 5.91 Å². The van der Waals surface area contributed by atoms with Gasteiger partial charge in [0, 0.05) is 12.6 Å². The van der Waals surface area contributed by atoms with Crippen LogP contribution in [0.15, 0.2) is 46.9 Å². The maximum atomic E-state index is 13.5. The van der Waals surface area contributed by atoms with Crippen LogP contribution in [0.4, 0.5) is 0 Å². The Balaban J connectivity index is 1.77. The van der Waals surface area contributed by atoms with Crippen molar-refractivity contribution in [3.8, 4) is 5.75 Å². The summed E-state index contributed by atoms with van der Waals surface area (Å²) in [4.78, 5) is 28.6. The third-order valence-corrected chi connectivity index (χ3v) is 7.54. The minimum absolute atomic E-state index is 0.0154. The van der Waals surface area contributed by atoms with Crippen LogP contribution in [-0.2, 0) is 21.5 Å². The van der Waals surface area contributed by atoms with E-state index in [1.54, 1.807) is 4.90 Å². The first-order valence-corrected chi connectivity index (χ1v) is 14.0. The summed E-state index contributed by atoms with van der Waals surface area (Å²) in [7, 11) is 0. The second kappa shape index (κ2) is 12.8. The molecule has 6 heteroatoms. The molecule has 1 N–H and O–H groups in total. The molecule has 0 spiro atoms. The Hall–Kier alpha value is -2.34. The van der Waals surface area contributed by atoms with Crippen molar-refractivity contribution in [1.82, 2.24) is 10.2 Å². The number of nitrogens with one attached hydrogen (secondary N) is 1. The molecule has 0 aromatic heterocycles. The molecule has 0 radical (unpaired) electrons. The quantitative estimate of drug-likeness (QED) is 0.374. The van der Waals surface area contributed by atoms with Crippen LogP contribution in [0, 0.1) is 6.92 Å². The summed E-state index contributed by atoms with van der Waals surface area (Å²) >= 11 is 3.60. The summed E-state index contributed by atoms with van der Waals surface area (Å²) in [6.07, 6.45) is 6.07. The van der Waals surface area contributed by atoms with E-state index in [1.165, 1.54) is 12.0 Å². The number of nitrogens with zero attached hydrogens (tertiary/aromatic N) is 1. The Morgan fingerprint density at radius 3 is 2.44 bits per heavy atom. The predicted molar refractivity (Wildman–Crippen MR) is 149 cm³/mol. The number of benzene rings is 2. The largest absolute Gasteiger partial charge is 0.483 e. The normalized spacial score (nSPS) is 15.3. The molecule has 0 unspecified atom stereocenters. The average Bonchev–Trinajstić information content (AvgIpc) is 2.83. The van der Waals surface area contributed by atoms with Crippen molar-refractivity contribution in [2.75, 3.05) is 6.61 Å². The molecule has 1 aliphatic rings. The van der Waals surface area contributed by atoms with Crippen molar-refractivity contribution in [1.29, 1.82) is 0 Å². The zero-order chi connectivity index (χ0) is 26.3. The smallest absolute Gasteiger partial charge is 0.261 e. The Labute approximate surface area is 225 Å². The minimum Gasteiger partial charge on any atom is -0.483 e. The Morgan fingerprint density at radius 2 is 1.83 bits per heavy atom. The SMILES string of the molecule is CC[C@H](C(=O)NC1CCCCC1)N(Cc1cccc(C)c1)C(=O)COc1ccc(C(C)(C)C)cc1Br. The highest BCUT2D eigenvalue weighted by Crippen LogP contribution is 2.31. The minimum atomic E-state index is -0.546. The maximum absolute atomic E-state index is 13.5. The first kappa shape index (κ1) is 28.2. The van der Waals surface area contributed by atoms with Crippen LogP contribution in [0.2, 0.25) is 0 Å². The summed E-state index contributed by atoms with van der Waals surface area (Å²) in [5, 5.41) is 3.22. The molecule has 5 nitrogen and oxygen atoms in total.